The second-order valence-corrected chi connectivity index (χ2v) is 5.48. The highest BCUT2D eigenvalue weighted by Crippen LogP contribution is 2.18. The van der Waals surface area contributed by atoms with Crippen LogP contribution in [0.25, 0.3) is 0 Å². The number of aryl methyl sites for hydroxylation is 1. The van der Waals surface area contributed by atoms with Crippen LogP contribution in [0.5, 0.6) is 0 Å². The summed E-state index contributed by atoms with van der Waals surface area (Å²) >= 11 is 0. The number of aromatic nitrogens is 2. The van der Waals surface area contributed by atoms with E-state index in [-0.39, 0.29) is 24.0 Å². The van der Waals surface area contributed by atoms with E-state index in [9.17, 15) is 0 Å². The summed E-state index contributed by atoms with van der Waals surface area (Å²) in [6.45, 7) is 7.85. The number of hydrogen-bond acceptors (Lipinski definition) is 4. The molecule has 0 atom stereocenters. The highest BCUT2D eigenvalue weighted by Gasteiger charge is 2.21. The predicted octanol–water partition coefficient (Wildman–Crippen LogP) is 2.46. The van der Waals surface area contributed by atoms with Gasteiger partial charge in [-0.05, 0) is 26.2 Å². The molecule has 0 unspecified atom stereocenters. The minimum Gasteiger partial charge on any atom is -0.357 e. The van der Waals surface area contributed by atoms with Gasteiger partial charge in [0.2, 0.25) is 5.89 Å². The molecule has 1 heterocycles. The van der Waals surface area contributed by atoms with E-state index in [1.54, 1.807) is 0 Å². The lowest BCUT2D eigenvalue weighted by Crippen LogP contribution is -2.38. The van der Waals surface area contributed by atoms with Crippen molar-refractivity contribution in [2.24, 2.45) is 4.99 Å². The van der Waals surface area contributed by atoms with Crippen molar-refractivity contribution in [1.82, 2.24) is 20.8 Å². The molecule has 0 aliphatic heterocycles. The molecule has 0 bridgehead atoms. The molecule has 1 aromatic heterocycles. The van der Waals surface area contributed by atoms with Crippen LogP contribution in [-0.4, -0.2) is 35.2 Å². The number of halogens is 1. The molecule has 0 amide bonds. The number of guanidine groups is 1. The van der Waals surface area contributed by atoms with E-state index in [1.807, 2.05) is 0 Å². The Morgan fingerprint density at radius 2 is 2.19 bits per heavy atom. The van der Waals surface area contributed by atoms with E-state index in [0.717, 1.165) is 37.7 Å². The van der Waals surface area contributed by atoms with Crippen molar-refractivity contribution < 1.29 is 4.52 Å². The largest absolute Gasteiger partial charge is 0.357 e. The first-order valence-corrected chi connectivity index (χ1v) is 7.56. The van der Waals surface area contributed by atoms with E-state index in [4.69, 9.17) is 4.52 Å². The van der Waals surface area contributed by atoms with Crippen molar-refractivity contribution in [3.8, 4) is 0 Å². The Balaban J connectivity index is 0.00000220. The zero-order chi connectivity index (χ0) is 14.4. The third-order valence-corrected chi connectivity index (χ3v) is 3.08. The average molecular weight is 407 g/mol. The summed E-state index contributed by atoms with van der Waals surface area (Å²) in [5.74, 6) is 2.73. The molecule has 1 fully saturated rings. The third-order valence-electron chi connectivity index (χ3n) is 3.08. The number of nitrogens with zero attached hydrogens (tertiary/aromatic N) is 3. The minimum atomic E-state index is 0. The van der Waals surface area contributed by atoms with Crippen molar-refractivity contribution in [3.05, 3.63) is 11.7 Å². The lowest BCUT2D eigenvalue weighted by molar-refractivity contribution is 0.369. The standard InChI is InChI=1S/C14H25N5O.HI/c1-4-15-14(17-11-7-8-11)16-9-5-6-12-18-13(10(2)3)19-20-12;/h10-11H,4-9H2,1-3H3,(H2,15,16,17);1H. The monoisotopic (exact) mass is 407 g/mol. The van der Waals surface area contributed by atoms with Crippen LogP contribution in [0.4, 0.5) is 0 Å². The van der Waals surface area contributed by atoms with Gasteiger partial charge in [0.15, 0.2) is 11.8 Å². The van der Waals surface area contributed by atoms with Gasteiger partial charge in [0.05, 0.1) is 0 Å². The van der Waals surface area contributed by atoms with Crippen molar-refractivity contribution in [2.45, 2.75) is 58.4 Å². The SMILES string of the molecule is CCNC(=NCCCc1nc(C(C)C)no1)NC1CC1.I. The minimum absolute atomic E-state index is 0. The molecule has 1 aromatic rings. The molecule has 21 heavy (non-hydrogen) atoms. The van der Waals surface area contributed by atoms with Crippen LogP contribution in [0, 0.1) is 0 Å². The van der Waals surface area contributed by atoms with E-state index in [0.29, 0.717) is 17.9 Å². The molecule has 120 valence electrons. The van der Waals surface area contributed by atoms with Gasteiger partial charge in [-0.3, -0.25) is 4.99 Å². The van der Waals surface area contributed by atoms with Crippen LogP contribution < -0.4 is 10.6 Å². The molecule has 7 heteroatoms. The van der Waals surface area contributed by atoms with Crippen LogP contribution in [-0.2, 0) is 6.42 Å². The fourth-order valence-corrected chi connectivity index (χ4v) is 1.77. The van der Waals surface area contributed by atoms with Gasteiger partial charge < -0.3 is 15.2 Å². The topological polar surface area (TPSA) is 75.3 Å². The van der Waals surface area contributed by atoms with Gasteiger partial charge in [-0.15, -0.1) is 24.0 Å². The van der Waals surface area contributed by atoms with Gasteiger partial charge >= 0.3 is 0 Å². The molecule has 0 spiro atoms. The Bertz CT molecular complexity index is 442. The Morgan fingerprint density at radius 1 is 1.43 bits per heavy atom. The maximum atomic E-state index is 5.21. The summed E-state index contributed by atoms with van der Waals surface area (Å²) < 4.78 is 5.21. The molecular weight excluding hydrogens is 381 g/mol. The van der Waals surface area contributed by atoms with Crippen LogP contribution in [0.15, 0.2) is 9.52 Å². The summed E-state index contributed by atoms with van der Waals surface area (Å²) in [5, 5.41) is 10.6. The van der Waals surface area contributed by atoms with Gasteiger partial charge in [0, 0.05) is 31.5 Å². The number of hydrogen-bond donors (Lipinski definition) is 2. The second kappa shape index (κ2) is 9.22. The predicted molar refractivity (Wildman–Crippen MR) is 94.3 cm³/mol. The maximum absolute atomic E-state index is 5.21. The summed E-state index contributed by atoms with van der Waals surface area (Å²) in [7, 11) is 0. The average Bonchev–Trinajstić information content (AvgIpc) is 3.09. The molecule has 2 rings (SSSR count). The van der Waals surface area contributed by atoms with E-state index >= 15 is 0 Å². The summed E-state index contributed by atoms with van der Waals surface area (Å²) in [4.78, 5) is 8.92. The molecule has 0 radical (unpaired) electrons. The van der Waals surface area contributed by atoms with Crippen LogP contribution in [0.1, 0.15) is 57.7 Å². The maximum Gasteiger partial charge on any atom is 0.226 e. The molecule has 1 aliphatic rings. The number of nitrogens with one attached hydrogen (secondary N) is 2. The van der Waals surface area contributed by atoms with Gasteiger partial charge in [-0.1, -0.05) is 19.0 Å². The van der Waals surface area contributed by atoms with E-state index < -0.39 is 0 Å². The van der Waals surface area contributed by atoms with Crippen LogP contribution >= 0.6 is 24.0 Å². The highest BCUT2D eigenvalue weighted by molar-refractivity contribution is 14.0. The Labute approximate surface area is 143 Å². The van der Waals surface area contributed by atoms with Crippen LogP contribution in [0.3, 0.4) is 0 Å². The quantitative estimate of drug-likeness (QED) is 0.314. The van der Waals surface area contributed by atoms with Crippen molar-refractivity contribution in [2.75, 3.05) is 13.1 Å². The molecule has 0 saturated heterocycles. The number of rotatable bonds is 7. The molecule has 6 nitrogen and oxygen atoms in total. The number of aliphatic imine (C=N–C) groups is 1. The summed E-state index contributed by atoms with van der Waals surface area (Å²) in [6, 6.07) is 0.623. The van der Waals surface area contributed by atoms with E-state index in [1.165, 1.54) is 12.8 Å². The first-order valence-electron chi connectivity index (χ1n) is 7.56. The van der Waals surface area contributed by atoms with Crippen LogP contribution in [0.2, 0.25) is 0 Å². The molecular formula is C14H26IN5O. The Hall–Kier alpha value is -0.860. The smallest absolute Gasteiger partial charge is 0.226 e. The van der Waals surface area contributed by atoms with Crippen molar-refractivity contribution in [3.63, 3.8) is 0 Å². The van der Waals surface area contributed by atoms with Gasteiger partial charge in [0.1, 0.15) is 0 Å². The summed E-state index contributed by atoms with van der Waals surface area (Å²) in [6.07, 6.45) is 4.21. The molecule has 1 aliphatic carbocycles. The third kappa shape index (κ3) is 6.62. The van der Waals surface area contributed by atoms with E-state index in [2.05, 4.69) is 46.5 Å². The zero-order valence-corrected chi connectivity index (χ0v) is 15.4. The van der Waals surface area contributed by atoms with Crippen molar-refractivity contribution >= 4 is 29.9 Å². The fourth-order valence-electron chi connectivity index (χ4n) is 1.77. The lowest BCUT2D eigenvalue weighted by atomic mass is 10.2. The first-order chi connectivity index (χ1) is 9.69. The van der Waals surface area contributed by atoms with Gasteiger partial charge in [-0.25, -0.2) is 0 Å². The second-order valence-electron chi connectivity index (χ2n) is 5.48. The zero-order valence-electron chi connectivity index (χ0n) is 13.1. The highest BCUT2D eigenvalue weighted by atomic mass is 127. The Kier molecular flexibility index (Phi) is 7.98. The lowest BCUT2D eigenvalue weighted by Gasteiger charge is -2.09. The molecule has 0 aromatic carbocycles. The molecule has 2 N–H and O–H groups in total. The summed E-state index contributed by atoms with van der Waals surface area (Å²) in [5.41, 5.74) is 0. The van der Waals surface area contributed by atoms with Gasteiger partial charge in [0.25, 0.3) is 0 Å². The van der Waals surface area contributed by atoms with Crippen molar-refractivity contribution in [1.29, 1.82) is 0 Å². The molecule has 1 saturated carbocycles. The van der Waals surface area contributed by atoms with Gasteiger partial charge in [-0.2, -0.15) is 4.98 Å². The first kappa shape index (κ1) is 18.2. The Morgan fingerprint density at radius 3 is 2.76 bits per heavy atom. The fraction of sp³-hybridized carbons (Fsp3) is 0.786. The normalized spacial score (nSPS) is 15.0.